The molecule has 2 heterocycles. The zero-order valence-corrected chi connectivity index (χ0v) is 12.5. The van der Waals surface area contributed by atoms with E-state index in [2.05, 4.69) is 10.3 Å². The van der Waals surface area contributed by atoms with Gasteiger partial charge in [0.2, 0.25) is 11.8 Å². The molecule has 0 spiro atoms. The van der Waals surface area contributed by atoms with E-state index >= 15 is 0 Å². The third-order valence-corrected chi connectivity index (χ3v) is 3.83. The predicted octanol–water partition coefficient (Wildman–Crippen LogP) is 2.10. The number of carbonyl (C=O) groups excluding carboxylic acids is 2. The monoisotopic (exact) mass is 316 g/mol. The fourth-order valence-corrected chi connectivity index (χ4v) is 2.56. The Morgan fingerprint density at radius 3 is 2.86 bits per heavy atom. The normalized spacial score (nSPS) is 13.2. The van der Waals surface area contributed by atoms with Crippen LogP contribution in [0.1, 0.15) is 15.9 Å². The Bertz CT molecular complexity index is 791. The van der Waals surface area contributed by atoms with Crippen molar-refractivity contribution in [2.75, 3.05) is 17.3 Å². The molecule has 0 saturated heterocycles. The van der Waals surface area contributed by atoms with Crippen LogP contribution in [-0.4, -0.2) is 23.8 Å². The van der Waals surface area contributed by atoms with Gasteiger partial charge in [0.15, 0.2) is 0 Å². The molecule has 0 atom stereocenters. The molecule has 0 saturated carbocycles. The summed E-state index contributed by atoms with van der Waals surface area (Å²) in [6.45, 7) is 0. The summed E-state index contributed by atoms with van der Waals surface area (Å²) >= 11 is 6.09. The molecule has 6 nitrogen and oxygen atoms in total. The Morgan fingerprint density at radius 2 is 2.18 bits per heavy atom. The van der Waals surface area contributed by atoms with Gasteiger partial charge in [0.1, 0.15) is 5.82 Å². The number of hydrogen-bond donors (Lipinski definition) is 2. The second kappa shape index (κ2) is 5.31. The highest BCUT2D eigenvalue weighted by molar-refractivity contribution is 6.33. The predicted molar refractivity (Wildman–Crippen MR) is 84.6 cm³/mol. The molecule has 0 radical (unpaired) electrons. The lowest BCUT2D eigenvalue weighted by Gasteiger charge is -2.12. The van der Waals surface area contributed by atoms with E-state index in [0.717, 1.165) is 16.9 Å². The second-order valence-corrected chi connectivity index (χ2v) is 5.42. The van der Waals surface area contributed by atoms with Crippen LogP contribution in [0.2, 0.25) is 5.02 Å². The minimum absolute atomic E-state index is 0.0640. The number of carbonyl (C=O) groups is 2. The largest absolute Gasteiger partial charge is 0.366 e. The average molecular weight is 317 g/mol. The first-order valence-corrected chi connectivity index (χ1v) is 6.95. The Labute approximate surface area is 131 Å². The van der Waals surface area contributed by atoms with Crippen LogP contribution in [0.15, 0.2) is 30.5 Å². The molecule has 0 aliphatic carbocycles. The van der Waals surface area contributed by atoms with E-state index in [-0.39, 0.29) is 11.5 Å². The molecule has 22 heavy (non-hydrogen) atoms. The molecule has 0 unspecified atom stereocenters. The minimum Gasteiger partial charge on any atom is -0.366 e. The van der Waals surface area contributed by atoms with Crippen LogP contribution in [-0.2, 0) is 11.2 Å². The Kier molecular flexibility index (Phi) is 3.46. The molecule has 2 aromatic rings. The van der Waals surface area contributed by atoms with Gasteiger partial charge in [-0.05, 0) is 29.8 Å². The summed E-state index contributed by atoms with van der Waals surface area (Å²) < 4.78 is 0. The van der Waals surface area contributed by atoms with Crippen LogP contribution < -0.4 is 16.0 Å². The maximum absolute atomic E-state index is 11.7. The van der Waals surface area contributed by atoms with E-state index in [9.17, 15) is 9.59 Å². The highest BCUT2D eigenvalue weighted by Gasteiger charge is 2.23. The topological polar surface area (TPSA) is 88.3 Å². The third-order valence-electron chi connectivity index (χ3n) is 3.55. The van der Waals surface area contributed by atoms with Crippen molar-refractivity contribution in [3.8, 4) is 0 Å². The van der Waals surface area contributed by atoms with Crippen LogP contribution in [0.3, 0.4) is 0 Å². The lowest BCUT2D eigenvalue weighted by atomic mass is 10.1. The van der Waals surface area contributed by atoms with Crippen LogP contribution in [0.25, 0.3) is 0 Å². The van der Waals surface area contributed by atoms with Crippen molar-refractivity contribution in [2.24, 2.45) is 5.73 Å². The number of nitrogens with zero attached hydrogens (tertiary/aromatic N) is 2. The van der Waals surface area contributed by atoms with Crippen LogP contribution in [0.5, 0.6) is 0 Å². The maximum Gasteiger partial charge on any atom is 0.250 e. The maximum atomic E-state index is 11.7. The second-order valence-electron chi connectivity index (χ2n) is 5.02. The van der Waals surface area contributed by atoms with Gasteiger partial charge in [0.25, 0.3) is 0 Å². The first kappa shape index (κ1) is 14.3. The van der Waals surface area contributed by atoms with E-state index in [0.29, 0.717) is 17.3 Å². The molecule has 112 valence electrons. The fourth-order valence-electron chi connectivity index (χ4n) is 2.35. The number of nitrogens with two attached hydrogens (primary N) is 1. The van der Waals surface area contributed by atoms with Crippen LogP contribution in [0, 0.1) is 0 Å². The summed E-state index contributed by atoms with van der Waals surface area (Å²) in [5.74, 6) is -0.0987. The molecule has 1 aromatic heterocycles. The Morgan fingerprint density at radius 1 is 1.41 bits per heavy atom. The highest BCUT2D eigenvalue weighted by Crippen LogP contribution is 2.32. The lowest BCUT2D eigenvalue weighted by Crippen LogP contribution is -2.20. The van der Waals surface area contributed by atoms with E-state index in [1.165, 1.54) is 12.3 Å². The zero-order valence-electron chi connectivity index (χ0n) is 11.8. The number of halogens is 1. The van der Waals surface area contributed by atoms with Crippen molar-refractivity contribution in [1.82, 2.24) is 4.98 Å². The summed E-state index contributed by atoms with van der Waals surface area (Å²) in [5, 5.41) is 3.37. The van der Waals surface area contributed by atoms with Gasteiger partial charge in [-0.2, -0.15) is 0 Å². The van der Waals surface area contributed by atoms with Crippen molar-refractivity contribution < 1.29 is 9.59 Å². The number of rotatable bonds is 3. The number of anilines is 3. The van der Waals surface area contributed by atoms with Crippen molar-refractivity contribution in [3.63, 3.8) is 0 Å². The molecular formula is C15H13ClN4O2. The molecule has 1 aliphatic rings. The number of amides is 2. The van der Waals surface area contributed by atoms with Gasteiger partial charge in [-0.1, -0.05) is 11.6 Å². The summed E-state index contributed by atoms with van der Waals surface area (Å²) in [6.07, 6.45) is 1.74. The molecular weight excluding hydrogens is 304 g/mol. The molecule has 0 fully saturated rings. The van der Waals surface area contributed by atoms with Gasteiger partial charge in [-0.3, -0.25) is 9.59 Å². The van der Waals surface area contributed by atoms with Gasteiger partial charge in [-0.15, -0.1) is 0 Å². The van der Waals surface area contributed by atoms with E-state index in [1.54, 1.807) is 11.9 Å². The number of pyridine rings is 1. The number of fused-ring (bicyclic) bond motifs is 1. The lowest BCUT2D eigenvalue weighted by molar-refractivity contribution is -0.117. The highest BCUT2D eigenvalue weighted by atomic mass is 35.5. The molecule has 1 aliphatic heterocycles. The molecule has 0 bridgehead atoms. The van der Waals surface area contributed by atoms with Crippen LogP contribution in [0.4, 0.5) is 17.2 Å². The quantitative estimate of drug-likeness (QED) is 0.907. The molecule has 7 heteroatoms. The van der Waals surface area contributed by atoms with Gasteiger partial charge in [0, 0.05) is 24.6 Å². The smallest absolute Gasteiger partial charge is 0.250 e. The van der Waals surface area contributed by atoms with E-state index in [1.807, 2.05) is 18.2 Å². The number of benzene rings is 1. The van der Waals surface area contributed by atoms with E-state index < -0.39 is 5.91 Å². The molecule has 1 aromatic carbocycles. The van der Waals surface area contributed by atoms with E-state index in [4.69, 9.17) is 17.3 Å². The van der Waals surface area contributed by atoms with Crippen molar-refractivity contribution >= 4 is 40.6 Å². The first-order chi connectivity index (χ1) is 10.5. The third kappa shape index (κ3) is 2.48. The summed E-state index contributed by atoms with van der Waals surface area (Å²) in [5.41, 5.74) is 8.04. The number of likely N-dealkylation sites (N-methyl/N-ethyl adjacent to an activating group) is 1. The summed E-state index contributed by atoms with van der Waals surface area (Å²) in [4.78, 5) is 28.5. The zero-order chi connectivity index (χ0) is 15.9. The average Bonchev–Trinajstić information content (AvgIpc) is 2.75. The fraction of sp³-hybridized carbons (Fsp3) is 0.133. The minimum atomic E-state index is -0.583. The standard InChI is InChI=1S/C15H13ClN4O2/c1-20-12-3-2-10(4-8(12)6-13(20)21)19-15-11(16)5-9(7-18-15)14(17)22/h2-5,7H,6H2,1H3,(H2,17,22)(H,18,19). The summed E-state index contributed by atoms with van der Waals surface area (Å²) in [7, 11) is 1.75. The van der Waals surface area contributed by atoms with Crippen molar-refractivity contribution in [1.29, 1.82) is 0 Å². The van der Waals surface area contributed by atoms with Gasteiger partial charge < -0.3 is 16.0 Å². The molecule has 3 N–H and O–H groups in total. The molecule has 3 rings (SSSR count). The van der Waals surface area contributed by atoms with Crippen molar-refractivity contribution in [3.05, 3.63) is 46.6 Å². The SMILES string of the molecule is CN1C(=O)Cc2cc(Nc3ncc(C(N)=O)cc3Cl)ccc21. The number of aromatic nitrogens is 1. The number of primary amides is 1. The van der Waals surface area contributed by atoms with Gasteiger partial charge in [0.05, 0.1) is 17.0 Å². The van der Waals surface area contributed by atoms with Gasteiger partial charge in [-0.25, -0.2) is 4.98 Å². The number of nitrogens with one attached hydrogen (secondary N) is 1. The Balaban J connectivity index is 1.87. The van der Waals surface area contributed by atoms with Crippen molar-refractivity contribution in [2.45, 2.75) is 6.42 Å². The van der Waals surface area contributed by atoms with Gasteiger partial charge >= 0.3 is 0 Å². The number of hydrogen-bond acceptors (Lipinski definition) is 4. The Hall–Kier alpha value is -2.60. The van der Waals surface area contributed by atoms with Crippen LogP contribution >= 0.6 is 11.6 Å². The summed E-state index contributed by atoms with van der Waals surface area (Å²) in [6, 6.07) is 7.06. The molecule has 2 amide bonds. The first-order valence-electron chi connectivity index (χ1n) is 6.57.